The highest BCUT2D eigenvalue weighted by Gasteiger charge is 2.30. The summed E-state index contributed by atoms with van der Waals surface area (Å²) in [6, 6.07) is 7.30. The van der Waals surface area contributed by atoms with Crippen LogP contribution < -0.4 is 4.74 Å². The highest BCUT2D eigenvalue weighted by molar-refractivity contribution is 5.85. The smallest absolute Gasteiger partial charge is 0.119 e. The molecule has 0 unspecified atom stereocenters. The van der Waals surface area contributed by atoms with Crippen LogP contribution in [0.2, 0.25) is 0 Å². The molecule has 1 aromatic rings. The molecule has 3 heteroatoms. The molecule has 1 aliphatic rings. The summed E-state index contributed by atoms with van der Waals surface area (Å²) < 4.78 is 5.41. The minimum atomic E-state index is 0. The third-order valence-corrected chi connectivity index (χ3v) is 4.62. The van der Waals surface area contributed by atoms with E-state index in [9.17, 15) is 0 Å². The summed E-state index contributed by atoms with van der Waals surface area (Å²) in [5, 5.41) is 0. The van der Waals surface area contributed by atoms with Gasteiger partial charge in [0.25, 0.3) is 0 Å². The lowest BCUT2D eigenvalue weighted by Gasteiger charge is -2.39. The molecule has 0 aromatic heterocycles. The molecule has 0 radical (unpaired) electrons. The van der Waals surface area contributed by atoms with E-state index < -0.39 is 0 Å². The number of hydrogen-bond donors (Lipinski definition) is 0. The molecular weight excluding hydrogens is 282 g/mol. The first kappa shape index (κ1) is 18.3. The van der Waals surface area contributed by atoms with E-state index in [-0.39, 0.29) is 12.4 Å². The molecule has 0 N–H and O–H groups in total. The molecule has 0 fully saturated rings. The van der Waals surface area contributed by atoms with E-state index in [4.69, 9.17) is 4.74 Å². The first-order valence-electron chi connectivity index (χ1n) is 8.12. The monoisotopic (exact) mass is 311 g/mol. The van der Waals surface area contributed by atoms with Gasteiger partial charge >= 0.3 is 0 Å². The van der Waals surface area contributed by atoms with Crippen LogP contribution in [0, 0.1) is 0 Å². The Morgan fingerprint density at radius 1 is 1.19 bits per heavy atom. The van der Waals surface area contributed by atoms with Crippen LogP contribution in [0.5, 0.6) is 5.75 Å². The highest BCUT2D eigenvalue weighted by atomic mass is 35.5. The van der Waals surface area contributed by atoms with Crippen LogP contribution in [0.1, 0.15) is 57.1 Å². The van der Waals surface area contributed by atoms with Crippen molar-refractivity contribution in [1.82, 2.24) is 4.90 Å². The van der Waals surface area contributed by atoms with Crippen molar-refractivity contribution in [2.75, 3.05) is 20.2 Å². The van der Waals surface area contributed by atoms with E-state index in [0.717, 1.165) is 5.75 Å². The Balaban J connectivity index is 0.00000220. The molecule has 0 amide bonds. The first-order chi connectivity index (χ1) is 9.71. The van der Waals surface area contributed by atoms with Crippen LogP contribution in [-0.2, 0) is 6.42 Å². The molecule has 1 aromatic carbocycles. The Kier molecular flexibility index (Phi) is 7.55. The van der Waals surface area contributed by atoms with Gasteiger partial charge in [-0.1, -0.05) is 26.8 Å². The van der Waals surface area contributed by atoms with Gasteiger partial charge in [0, 0.05) is 6.04 Å². The molecule has 2 rings (SSSR count). The summed E-state index contributed by atoms with van der Waals surface area (Å²) in [4.78, 5) is 2.70. The molecule has 21 heavy (non-hydrogen) atoms. The van der Waals surface area contributed by atoms with Crippen molar-refractivity contribution in [1.29, 1.82) is 0 Å². The van der Waals surface area contributed by atoms with Crippen molar-refractivity contribution in [3.05, 3.63) is 29.3 Å². The van der Waals surface area contributed by atoms with E-state index in [1.807, 2.05) is 0 Å². The third kappa shape index (κ3) is 4.14. The number of nitrogens with zero attached hydrogens (tertiary/aromatic N) is 1. The van der Waals surface area contributed by atoms with Gasteiger partial charge in [-0.15, -0.1) is 12.4 Å². The zero-order valence-electron chi connectivity index (χ0n) is 13.9. The molecule has 0 saturated heterocycles. The topological polar surface area (TPSA) is 12.5 Å². The fraction of sp³-hybridized carbons (Fsp3) is 0.667. The number of fused-ring (bicyclic) bond motifs is 1. The summed E-state index contributed by atoms with van der Waals surface area (Å²) in [6.45, 7) is 9.41. The quantitative estimate of drug-likeness (QED) is 0.757. The molecule has 2 nitrogen and oxygen atoms in total. The van der Waals surface area contributed by atoms with E-state index >= 15 is 0 Å². The van der Waals surface area contributed by atoms with E-state index in [1.54, 1.807) is 7.11 Å². The SMILES string of the molecule is CCCN(CCC)[C@H]1CCc2ccc(OC)cc2[C@H]1C.Cl. The number of rotatable bonds is 6. The second-order valence-corrected chi connectivity index (χ2v) is 6.00. The van der Waals surface area contributed by atoms with Gasteiger partial charge < -0.3 is 4.74 Å². The molecule has 0 bridgehead atoms. The average Bonchev–Trinajstić information content (AvgIpc) is 2.47. The van der Waals surface area contributed by atoms with Gasteiger partial charge in [-0.2, -0.15) is 0 Å². The number of ether oxygens (including phenoxy) is 1. The van der Waals surface area contributed by atoms with Gasteiger partial charge in [0.15, 0.2) is 0 Å². The maximum absolute atomic E-state index is 5.41. The zero-order chi connectivity index (χ0) is 14.5. The van der Waals surface area contributed by atoms with Crippen molar-refractivity contribution >= 4 is 12.4 Å². The Morgan fingerprint density at radius 3 is 2.43 bits per heavy atom. The van der Waals surface area contributed by atoms with Crippen LogP contribution in [0.25, 0.3) is 0 Å². The van der Waals surface area contributed by atoms with Crippen molar-refractivity contribution in [3.8, 4) is 5.75 Å². The first-order valence-corrected chi connectivity index (χ1v) is 8.12. The van der Waals surface area contributed by atoms with Crippen LogP contribution in [-0.4, -0.2) is 31.1 Å². The third-order valence-electron chi connectivity index (χ3n) is 4.62. The van der Waals surface area contributed by atoms with Crippen LogP contribution in [0.15, 0.2) is 18.2 Å². The summed E-state index contributed by atoms with van der Waals surface area (Å²) in [7, 11) is 1.76. The number of hydrogen-bond acceptors (Lipinski definition) is 2. The van der Waals surface area contributed by atoms with Crippen molar-refractivity contribution in [2.24, 2.45) is 0 Å². The van der Waals surface area contributed by atoms with E-state index in [1.165, 1.54) is 49.9 Å². The van der Waals surface area contributed by atoms with Gasteiger partial charge in [0.2, 0.25) is 0 Å². The van der Waals surface area contributed by atoms with Crippen molar-refractivity contribution in [3.63, 3.8) is 0 Å². The van der Waals surface area contributed by atoms with Gasteiger partial charge in [0.1, 0.15) is 5.75 Å². The summed E-state index contributed by atoms with van der Waals surface area (Å²) in [5.41, 5.74) is 3.01. The Hall–Kier alpha value is -0.730. The number of aryl methyl sites for hydroxylation is 1. The standard InChI is InChI=1S/C18H29NO.ClH/c1-5-11-19(12-6-2)18-10-8-15-7-9-16(20-4)13-17(15)14(18)3;/h7,9,13-14,18H,5-6,8,10-12H2,1-4H3;1H/t14-,18+;/m1./s1. The summed E-state index contributed by atoms with van der Waals surface area (Å²) >= 11 is 0. The van der Waals surface area contributed by atoms with E-state index in [2.05, 4.69) is 43.9 Å². The van der Waals surface area contributed by atoms with Crippen LogP contribution >= 0.6 is 12.4 Å². The summed E-state index contributed by atoms with van der Waals surface area (Å²) in [6.07, 6.45) is 4.99. The van der Waals surface area contributed by atoms with Gasteiger partial charge in [-0.3, -0.25) is 4.90 Å². The zero-order valence-corrected chi connectivity index (χ0v) is 14.7. The second-order valence-electron chi connectivity index (χ2n) is 6.00. The lowest BCUT2D eigenvalue weighted by atomic mass is 9.79. The normalized spacial score (nSPS) is 20.8. The lowest BCUT2D eigenvalue weighted by molar-refractivity contribution is 0.159. The molecule has 0 saturated carbocycles. The number of halogens is 1. The van der Waals surface area contributed by atoms with E-state index in [0.29, 0.717) is 12.0 Å². The lowest BCUT2D eigenvalue weighted by Crippen LogP contribution is -2.42. The Bertz CT molecular complexity index is 429. The summed E-state index contributed by atoms with van der Waals surface area (Å²) in [5.74, 6) is 1.60. The van der Waals surface area contributed by atoms with Crippen LogP contribution in [0.4, 0.5) is 0 Å². The Labute approximate surface area is 136 Å². The Morgan fingerprint density at radius 2 is 1.86 bits per heavy atom. The van der Waals surface area contributed by atoms with Gasteiger partial charge in [-0.25, -0.2) is 0 Å². The van der Waals surface area contributed by atoms with Crippen molar-refractivity contribution < 1.29 is 4.74 Å². The van der Waals surface area contributed by atoms with Crippen LogP contribution in [0.3, 0.4) is 0 Å². The average molecular weight is 312 g/mol. The predicted molar refractivity (Wildman–Crippen MR) is 92.9 cm³/mol. The molecular formula is C18H30ClNO. The molecule has 0 spiro atoms. The molecule has 0 aliphatic heterocycles. The largest absolute Gasteiger partial charge is 0.497 e. The minimum absolute atomic E-state index is 0. The second kappa shape index (κ2) is 8.65. The van der Waals surface area contributed by atoms with Gasteiger partial charge in [-0.05, 0) is 68.0 Å². The van der Waals surface area contributed by atoms with Crippen molar-refractivity contribution in [2.45, 2.75) is 58.4 Å². The number of methoxy groups -OCH3 is 1. The fourth-order valence-corrected chi connectivity index (χ4v) is 3.63. The molecule has 120 valence electrons. The van der Waals surface area contributed by atoms with Gasteiger partial charge in [0.05, 0.1) is 7.11 Å². The molecule has 0 heterocycles. The predicted octanol–water partition coefficient (Wildman–Crippen LogP) is 4.66. The maximum Gasteiger partial charge on any atom is 0.119 e. The molecule has 2 atom stereocenters. The minimum Gasteiger partial charge on any atom is -0.497 e. The highest BCUT2D eigenvalue weighted by Crippen LogP contribution is 2.36. The maximum atomic E-state index is 5.41. The number of benzene rings is 1. The molecule has 1 aliphatic carbocycles. The fourth-order valence-electron chi connectivity index (χ4n) is 3.63.